The number of hydrogen-bond donors (Lipinski definition) is 0. The van der Waals surface area contributed by atoms with E-state index in [1.807, 2.05) is 31.2 Å². The molecular formula is C19H25N3OS. The Bertz CT molecular complexity index is 791. The van der Waals surface area contributed by atoms with Gasteiger partial charge in [0.2, 0.25) is 0 Å². The van der Waals surface area contributed by atoms with Gasteiger partial charge in [-0.1, -0.05) is 50.6 Å². The van der Waals surface area contributed by atoms with E-state index in [0.717, 1.165) is 19.3 Å². The quantitative estimate of drug-likeness (QED) is 0.536. The zero-order valence-corrected chi connectivity index (χ0v) is 15.6. The number of para-hydroxylation sites is 1. The van der Waals surface area contributed by atoms with Crippen LogP contribution in [0.2, 0.25) is 0 Å². The molecule has 0 saturated heterocycles. The summed E-state index contributed by atoms with van der Waals surface area (Å²) in [6.45, 7) is 8.33. The summed E-state index contributed by atoms with van der Waals surface area (Å²) >= 11 is 1.36. The van der Waals surface area contributed by atoms with Gasteiger partial charge in [-0.15, -0.1) is 0 Å². The van der Waals surface area contributed by atoms with Crippen LogP contribution in [0.3, 0.4) is 0 Å². The molecule has 1 aromatic heterocycles. The van der Waals surface area contributed by atoms with Gasteiger partial charge in [0, 0.05) is 6.04 Å². The molecule has 128 valence electrons. The van der Waals surface area contributed by atoms with Gasteiger partial charge in [0.15, 0.2) is 5.16 Å². The van der Waals surface area contributed by atoms with Gasteiger partial charge in [0.1, 0.15) is 0 Å². The molecule has 0 N–H and O–H groups in total. The Morgan fingerprint density at radius 2 is 1.92 bits per heavy atom. The van der Waals surface area contributed by atoms with Crippen LogP contribution in [0.4, 0.5) is 0 Å². The second-order valence-electron chi connectivity index (χ2n) is 6.65. The fourth-order valence-corrected chi connectivity index (χ4v) is 3.63. The van der Waals surface area contributed by atoms with Crippen molar-refractivity contribution in [2.24, 2.45) is 5.92 Å². The van der Waals surface area contributed by atoms with Crippen molar-refractivity contribution in [1.29, 1.82) is 5.26 Å². The van der Waals surface area contributed by atoms with Gasteiger partial charge in [-0.3, -0.25) is 9.36 Å². The largest absolute Gasteiger partial charge is 0.284 e. The van der Waals surface area contributed by atoms with E-state index in [-0.39, 0.29) is 16.9 Å². The van der Waals surface area contributed by atoms with E-state index >= 15 is 0 Å². The van der Waals surface area contributed by atoms with Gasteiger partial charge in [0.25, 0.3) is 5.56 Å². The lowest BCUT2D eigenvalue weighted by atomic mass is 10.0. The number of aromatic nitrogens is 2. The molecule has 1 heterocycles. The maximum atomic E-state index is 13.0. The first-order valence-electron chi connectivity index (χ1n) is 8.51. The molecule has 4 nitrogen and oxygen atoms in total. The lowest BCUT2D eigenvalue weighted by Gasteiger charge is -2.20. The maximum Gasteiger partial charge on any atom is 0.262 e. The lowest BCUT2D eigenvalue weighted by Crippen LogP contribution is -2.27. The van der Waals surface area contributed by atoms with Crippen molar-refractivity contribution >= 4 is 22.7 Å². The molecule has 0 aliphatic carbocycles. The highest BCUT2D eigenvalue weighted by Crippen LogP contribution is 2.26. The Balaban J connectivity index is 2.44. The molecule has 0 radical (unpaired) electrons. The maximum absolute atomic E-state index is 13.0. The number of rotatable bonds is 7. The minimum absolute atomic E-state index is 0.00899. The van der Waals surface area contributed by atoms with E-state index in [4.69, 9.17) is 5.26 Å². The van der Waals surface area contributed by atoms with Crippen LogP contribution in [0.15, 0.2) is 34.2 Å². The van der Waals surface area contributed by atoms with Gasteiger partial charge in [0.05, 0.1) is 22.2 Å². The third-order valence-electron chi connectivity index (χ3n) is 4.08. The van der Waals surface area contributed by atoms with E-state index in [1.165, 1.54) is 11.8 Å². The highest BCUT2D eigenvalue weighted by molar-refractivity contribution is 8.00. The summed E-state index contributed by atoms with van der Waals surface area (Å²) < 4.78 is 1.78. The number of thioether (sulfide) groups is 1. The first kappa shape index (κ1) is 18.5. The molecule has 2 atom stereocenters. The Morgan fingerprint density at radius 1 is 1.21 bits per heavy atom. The average Bonchev–Trinajstić information content (AvgIpc) is 2.54. The van der Waals surface area contributed by atoms with Crippen molar-refractivity contribution < 1.29 is 0 Å². The lowest BCUT2D eigenvalue weighted by molar-refractivity contribution is 0.413. The van der Waals surface area contributed by atoms with Crippen molar-refractivity contribution in [2.45, 2.75) is 63.4 Å². The van der Waals surface area contributed by atoms with Gasteiger partial charge < -0.3 is 0 Å². The summed E-state index contributed by atoms with van der Waals surface area (Å²) in [4.78, 5) is 17.6. The average molecular weight is 343 g/mol. The van der Waals surface area contributed by atoms with Crippen molar-refractivity contribution in [2.75, 3.05) is 0 Å². The van der Waals surface area contributed by atoms with Crippen LogP contribution in [0, 0.1) is 17.2 Å². The highest BCUT2D eigenvalue weighted by Gasteiger charge is 2.18. The Morgan fingerprint density at radius 3 is 2.58 bits per heavy atom. The van der Waals surface area contributed by atoms with Gasteiger partial charge in [-0.25, -0.2) is 4.98 Å². The van der Waals surface area contributed by atoms with E-state index in [0.29, 0.717) is 22.0 Å². The second-order valence-corrected chi connectivity index (χ2v) is 7.96. The first-order valence-corrected chi connectivity index (χ1v) is 9.39. The summed E-state index contributed by atoms with van der Waals surface area (Å²) in [5.74, 6) is 0.663. The molecule has 0 saturated carbocycles. The normalized spacial score (nSPS) is 13.8. The topological polar surface area (TPSA) is 58.7 Å². The fourth-order valence-electron chi connectivity index (χ4n) is 2.73. The predicted octanol–water partition coefficient (Wildman–Crippen LogP) is 4.79. The molecule has 0 amide bonds. The van der Waals surface area contributed by atoms with E-state index in [9.17, 15) is 4.79 Å². The van der Waals surface area contributed by atoms with Crippen LogP contribution in [0.1, 0.15) is 53.0 Å². The van der Waals surface area contributed by atoms with Crippen molar-refractivity contribution in [3.63, 3.8) is 0 Å². The van der Waals surface area contributed by atoms with Crippen LogP contribution in [0.5, 0.6) is 0 Å². The summed E-state index contributed by atoms with van der Waals surface area (Å²) in [6, 6.07) is 9.71. The van der Waals surface area contributed by atoms with Crippen LogP contribution < -0.4 is 5.56 Å². The number of benzene rings is 1. The molecule has 24 heavy (non-hydrogen) atoms. The van der Waals surface area contributed by atoms with E-state index < -0.39 is 0 Å². The summed E-state index contributed by atoms with van der Waals surface area (Å²) in [6.07, 6.45) is 3.17. The van der Waals surface area contributed by atoms with Crippen LogP contribution in [-0.4, -0.2) is 14.8 Å². The van der Waals surface area contributed by atoms with Gasteiger partial charge in [-0.05, 0) is 38.3 Å². The fraction of sp³-hybridized carbons (Fsp3) is 0.526. The zero-order valence-electron chi connectivity index (χ0n) is 14.8. The molecule has 1 aromatic carbocycles. The summed E-state index contributed by atoms with van der Waals surface area (Å²) in [5, 5.41) is 10.2. The molecule has 0 spiro atoms. The molecule has 0 aliphatic rings. The molecule has 0 aliphatic heterocycles. The Kier molecular flexibility index (Phi) is 6.44. The minimum atomic E-state index is -0.243. The third kappa shape index (κ3) is 4.39. The van der Waals surface area contributed by atoms with Crippen LogP contribution in [0.25, 0.3) is 10.9 Å². The number of hydrogen-bond acceptors (Lipinski definition) is 4. The molecule has 0 unspecified atom stereocenters. The molecule has 2 aromatic rings. The second kappa shape index (κ2) is 8.34. The van der Waals surface area contributed by atoms with Crippen molar-refractivity contribution in [1.82, 2.24) is 9.55 Å². The number of nitriles is 1. The number of fused-ring (bicyclic) bond motifs is 1. The van der Waals surface area contributed by atoms with Crippen LogP contribution in [-0.2, 0) is 0 Å². The number of nitrogens with zero attached hydrogens (tertiary/aromatic N) is 3. The molecule has 0 fully saturated rings. The summed E-state index contributed by atoms with van der Waals surface area (Å²) in [5.41, 5.74) is 0.686. The third-order valence-corrected chi connectivity index (χ3v) is 5.04. The standard InChI is InChI=1S/C19H25N3OS/c1-13(2)8-7-9-14(3)22-18(23)16-10-5-6-11-17(16)21-19(22)24-15(4)12-20/h5-6,10-11,13-15H,7-9H2,1-4H3/t14-,15+/m0/s1. The van der Waals surface area contributed by atoms with E-state index in [2.05, 4.69) is 31.8 Å². The molecule has 2 rings (SSSR count). The molecule has 5 heteroatoms. The van der Waals surface area contributed by atoms with Crippen LogP contribution >= 0.6 is 11.8 Å². The van der Waals surface area contributed by atoms with Crippen molar-refractivity contribution in [3.8, 4) is 6.07 Å². The monoisotopic (exact) mass is 343 g/mol. The van der Waals surface area contributed by atoms with Crippen molar-refractivity contribution in [3.05, 3.63) is 34.6 Å². The van der Waals surface area contributed by atoms with Gasteiger partial charge >= 0.3 is 0 Å². The highest BCUT2D eigenvalue weighted by atomic mass is 32.2. The smallest absolute Gasteiger partial charge is 0.262 e. The Hall–Kier alpha value is -1.80. The van der Waals surface area contributed by atoms with E-state index in [1.54, 1.807) is 4.57 Å². The Labute approximate surface area is 147 Å². The first-order chi connectivity index (χ1) is 11.4. The molecule has 0 bridgehead atoms. The predicted molar refractivity (Wildman–Crippen MR) is 100 cm³/mol. The minimum Gasteiger partial charge on any atom is -0.284 e. The SMILES string of the molecule is CC(C)CCC[C@H](C)n1c(S[C@H](C)C#N)nc2ccccc2c1=O. The summed E-state index contributed by atoms with van der Waals surface area (Å²) in [7, 11) is 0. The zero-order chi connectivity index (χ0) is 17.7. The molecular weight excluding hydrogens is 318 g/mol. The van der Waals surface area contributed by atoms with Gasteiger partial charge in [-0.2, -0.15) is 5.26 Å².